The minimum absolute atomic E-state index is 0. The molecule has 1 amide bonds. The number of rotatable bonds is 5. The van der Waals surface area contributed by atoms with Gasteiger partial charge in [0.2, 0.25) is 0 Å². The maximum absolute atomic E-state index is 12.4. The fourth-order valence-corrected chi connectivity index (χ4v) is 2.93. The van der Waals surface area contributed by atoms with Gasteiger partial charge in [-0.05, 0) is 55.6 Å². The van der Waals surface area contributed by atoms with Crippen LogP contribution in [0.3, 0.4) is 0 Å². The van der Waals surface area contributed by atoms with E-state index in [0.717, 1.165) is 5.69 Å². The van der Waals surface area contributed by atoms with Crippen LogP contribution in [-0.4, -0.2) is 16.9 Å². The highest BCUT2D eigenvalue weighted by Gasteiger charge is 2.42. The molecule has 0 saturated heterocycles. The lowest BCUT2D eigenvalue weighted by molar-refractivity contribution is 0.0926. The van der Waals surface area contributed by atoms with Gasteiger partial charge in [0.25, 0.3) is 5.91 Å². The van der Waals surface area contributed by atoms with Crippen LogP contribution >= 0.6 is 11.6 Å². The van der Waals surface area contributed by atoms with Crippen molar-refractivity contribution in [3.63, 3.8) is 0 Å². The molecule has 2 aliphatic rings. The molecule has 0 aromatic carbocycles. The number of halogens is 1. The topological polar surface area (TPSA) is 42.0 Å². The Labute approximate surface area is 125 Å². The summed E-state index contributed by atoms with van der Waals surface area (Å²) in [6.07, 6.45) is 5.04. The molecule has 0 unspecified atom stereocenters. The van der Waals surface area contributed by atoms with Gasteiger partial charge < -0.3 is 5.32 Å². The van der Waals surface area contributed by atoms with Gasteiger partial charge in [0.15, 0.2) is 0 Å². The maximum Gasteiger partial charge on any atom is 0.251 e. The number of carbonyl (C=O) groups is 1. The molecule has 2 aliphatic carbocycles. The molecule has 1 aromatic rings. The molecular formula is C16H21ClN2O. The first-order valence-corrected chi connectivity index (χ1v) is 7.90. The lowest BCUT2D eigenvalue weighted by atomic mass is 10.0. The summed E-state index contributed by atoms with van der Waals surface area (Å²) in [5.41, 5.74) is 1.51. The second kappa shape index (κ2) is 5.36. The van der Waals surface area contributed by atoms with Gasteiger partial charge in [-0.15, -0.1) is 0 Å². The summed E-state index contributed by atoms with van der Waals surface area (Å²) < 4.78 is 0. The van der Waals surface area contributed by atoms with E-state index in [1.165, 1.54) is 25.7 Å². The number of hydrogen-bond donors (Lipinski definition) is 1. The van der Waals surface area contributed by atoms with Gasteiger partial charge in [-0.25, -0.2) is 4.98 Å². The second-order valence-corrected chi connectivity index (χ2v) is 6.82. The molecule has 0 aliphatic heterocycles. The Bertz CT molecular complexity index is 509. The van der Waals surface area contributed by atoms with Crippen LogP contribution in [0.5, 0.6) is 0 Å². The monoisotopic (exact) mass is 292 g/mol. The average molecular weight is 293 g/mol. The molecule has 1 heterocycles. The zero-order chi connectivity index (χ0) is 14.3. The largest absolute Gasteiger partial charge is 0.349 e. The SMILES string of the molecule is CC(C)c1cc(C(=O)NC(C2CC2)C2CC2)cc(Cl)n1. The van der Waals surface area contributed by atoms with Crippen molar-refractivity contribution in [1.29, 1.82) is 0 Å². The summed E-state index contributed by atoms with van der Waals surface area (Å²) in [7, 11) is 0. The first-order chi connectivity index (χ1) is 9.54. The minimum Gasteiger partial charge on any atom is -0.349 e. The second-order valence-electron chi connectivity index (χ2n) is 6.43. The Hall–Kier alpha value is -1.09. The van der Waals surface area contributed by atoms with E-state index in [1.54, 1.807) is 6.07 Å². The molecule has 3 nitrogen and oxygen atoms in total. The fraction of sp³-hybridized carbons (Fsp3) is 0.625. The van der Waals surface area contributed by atoms with Crippen molar-refractivity contribution in [3.05, 3.63) is 28.5 Å². The van der Waals surface area contributed by atoms with Gasteiger partial charge >= 0.3 is 0 Å². The lowest BCUT2D eigenvalue weighted by Crippen LogP contribution is -2.38. The number of aromatic nitrogens is 1. The van der Waals surface area contributed by atoms with Crippen LogP contribution in [0, 0.1) is 11.8 Å². The summed E-state index contributed by atoms with van der Waals surface area (Å²) in [5.74, 6) is 1.67. The van der Waals surface area contributed by atoms with E-state index in [-0.39, 0.29) is 11.8 Å². The Balaban J connectivity index is 1.75. The van der Waals surface area contributed by atoms with Crippen molar-refractivity contribution in [3.8, 4) is 0 Å². The molecule has 2 saturated carbocycles. The van der Waals surface area contributed by atoms with Crippen molar-refractivity contribution in [2.45, 2.75) is 51.5 Å². The number of nitrogens with zero attached hydrogens (tertiary/aromatic N) is 1. The number of amides is 1. The van der Waals surface area contributed by atoms with E-state index in [1.807, 2.05) is 6.07 Å². The van der Waals surface area contributed by atoms with Gasteiger partial charge in [-0.2, -0.15) is 0 Å². The molecule has 0 bridgehead atoms. The molecule has 1 N–H and O–H groups in total. The predicted molar refractivity (Wildman–Crippen MR) is 80.0 cm³/mol. The third-order valence-corrected chi connectivity index (χ3v) is 4.42. The molecule has 0 radical (unpaired) electrons. The molecule has 3 rings (SSSR count). The average Bonchev–Trinajstić information content (AvgIpc) is 3.27. The summed E-state index contributed by atoms with van der Waals surface area (Å²) in [6.45, 7) is 4.11. The van der Waals surface area contributed by atoms with Crippen LogP contribution in [0.25, 0.3) is 0 Å². The van der Waals surface area contributed by atoms with Crippen LogP contribution in [0.2, 0.25) is 5.15 Å². The summed E-state index contributed by atoms with van der Waals surface area (Å²) in [6, 6.07) is 3.90. The van der Waals surface area contributed by atoms with E-state index in [0.29, 0.717) is 28.6 Å². The highest BCUT2D eigenvalue weighted by Crippen LogP contribution is 2.44. The third-order valence-electron chi connectivity index (χ3n) is 4.23. The Morgan fingerprint density at radius 1 is 1.25 bits per heavy atom. The van der Waals surface area contributed by atoms with Crippen LogP contribution in [0.15, 0.2) is 12.1 Å². The molecule has 0 atom stereocenters. The van der Waals surface area contributed by atoms with Gasteiger partial charge in [0.05, 0.1) is 0 Å². The number of carbonyl (C=O) groups excluding carboxylic acids is 1. The van der Waals surface area contributed by atoms with Crippen LogP contribution < -0.4 is 5.32 Å². The maximum atomic E-state index is 12.4. The van der Waals surface area contributed by atoms with E-state index in [4.69, 9.17) is 11.6 Å². The summed E-state index contributed by atoms with van der Waals surface area (Å²) >= 11 is 6.03. The normalized spacial score (nSPS) is 18.6. The van der Waals surface area contributed by atoms with E-state index >= 15 is 0 Å². The fourth-order valence-electron chi connectivity index (χ4n) is 2.71. The highest BCUT2D eigenvalue weighted by atomic mass is 35.5. The molecule has 1 aromatic heterocycles. The van der Waals surface area contributed by atoms with Crippen molar-refractivity contribution in [1.82, 2.24) is 10.3 Å². The zero-order valence-electron chi connectivity index (χ0n) is 12.0. The first-order valence-electron chi connectivity index (χ1n) is 7.53. The molecule has 108 valence electrons. The molecule has 0 spiro atoms. The Kier molecular flexibility index (Phi) is 3.72. The smallest absolute Gasteiger partial charge is 0.251 e. The van der Waals surface area contributed by atoms with Gasteiger partial charge in [0, 0.05) is 17.3 Å². The van der Waals surface area contributed by atoms with Crippen molar-refractivity contribution < 1.29 is 4.79 Å². The highest BCUT2D eigenvalue weighted by molar-refractivity contribution is 6.29. The quantitative estimate of drug-likeness (QED) is 0.839. The first kappa shape index (κ1) is 13.9. The Morgan fingerprint density at radius 3 is 2.35 bits per heavy atom. The van der Waals surface area contributed by atoms with E-state index < -0.39 is 0 Å². The summed E-state index contributed by atoms with van der Waals surface area (Å²) in [5, 5.41) is 3.62. The Morgan fingerprint density at radius 2 is 1.85 bits per heavy atom. The van der Waals surface area contributed by atoms with Crippen molar-refractivity contribution in [2.75, 3.05) is 0 Å². The van der Waals surface area contributed by atoms with E-state index in [9.17, 15) is 4.79 Å². The van der Waals surface area contributed by atoms with Gasteiger partial charge in [-0.3, -0.25) is 4.79 Å². The third kappa shape index (κ3) is 3.14. The van der Waals surface area contributed by atoms with Crippen LogP contribution in [0.1, 0.15) is 61.5 Å². The van der Waals surface area contributed by atoms with Gasteiger partial charge in [-0.1, -0.05) is 25.4 Å². The van der Waals surface area contributed by atoms with Crippen LogP contribution in [0.4, 0.5) is 0 Å². The summed E-state index contributed by atoms with van der Waals surface area (Å²) in [4.78, 5) is 16.7. The van der Waals surface area contributed by atoms with Crippen molar-refractivity contribution >= 4 is 17.5 Å². The number of hydrogen-bond acceptors (Lipinski definition) is 2. The minimum atomic E-state index is 0. The van der Waals surface area contributed by atoms with Gasteiger partial charge in [0.1, 0.15) is 5.15 Å². The van der Waals surface area contributed by atoms with Crippen LogP contribution in [-0.2, 0) is 0 Å². The van der Waals surface area contributed by atoms with Crippen molar-refractivity contribution in [2.24, 2.45) is 11.8 Å². The molecule has 20 heavy (non-hydrogen) atoms. The number of nitrogens with one attached hydrogen (secondary N) is 1. The van der Waals surface area contributed by atoms with E-state index in [2.05, 4.69) is 24.1 Å². The zero-order valence-corrected chi connectivity index (χ0v) is 12.8. The molecular weight excluding hydrogens is 272 g/mol. The molecule has 2 fully saturated rings. The standard InChI is InChI=1S/C16H21ClN2O/c1-9(2)13-7-12(8-14(17)18-13)16(20)19-15(10-3-4-10)11-5-6-11/h7-11,15H,3-6H2,1-2H3,(H,19,20). The molecule has 4 heteroatoms. The predicted octanol–water partition coefficient (Wildman–Crippen LogP) is 3.78. The number of pyridine rings is 1. The lowest BCUT2D eigenvalue weighted by Gasteiger charge is -2.18.